The Morgan fingerprint density at radius 2 is 1.77 bits per heavy atom. The zero-order valence-electron chi connectivity index (χ0n) is 15.4. The van der Waals surface area contributed by atoms with Gasteiger partial charge in [0.15, 0.2) is 5.78 Å². The first kappa shape index (κ1) is 18.3. The van der Waals surface area contributed by atoms with Gasteiger partial charge in [-0.05, 0) is 56.3 Å². The third-order valence-electron chi connectivity index (χ3n) is 4.75. The van der Waals surface area contributed by atoms with E-state index in [9.17, 15) is 9.90 Å². The average molecular weight is 354 g/mol. The van der Waals surface area contributed by atoms with Gasteiger partial charge >= 0.3 is 0 Å². The summed E-state index contributed by atoms with van der Waals surface area (Å²) in [4.78, 5) is 16.4. The third kappa shape index (κ3) is 4.35. The zero-order chi connectivity index (χ0) is 18.5. The largest absolute Gasteiger partial charge is 0.508 e. The maximum Gasteiger partial charge on any atom is 0.159 e. The van der Waals surface area contributed by atoms with Gasteiger partial charge in [-0.25, -0.2) is 0 Å². The summed E-state index contributed by atoms with van der Waals surface area (Å²) < 4.78 is 5.74. The number of hydrogen-bond acceptors (Lipinski definition) is 5. The molecule has 1 aliphatic rings. The van der Waals surface area contributed by atoms with E-state index in [1.807, 2.05) is 37.3 Å². The van der Waals surface area contributed by atoms with Crippen LogP contribution in [0.5, 0.6) is 11.5 Å². The van der Waals surface area contributed by atoms with Crippen molar-refractivity contribution in [1.82, 2.24) is 4.90 Å². The lowest BCUT2D eigenvalue weighted by molar-refractivity contribution is 0.101. The minimum Gasteiger partial charge on any atom is -0.508 e. The van der Waals surface area contributed by atoms with E-state index in [2.05, 4.69) is 9.80 Å². The smallest absolute Gasteiger partial charge is 0.159 e. The Balaban J connectivity index is 1.66. The molecule has 0 aliphatic carbocycles. The topological polar surface area (TPSA) is 53.0 Å². The molecule has 138 valence electrons. The maximum absolute atomic E-state index is 11.7. The lowest BCUT2D eigenvalue weighted by Crippen LogP contribution is -2.46. The predicted molar refractivity (Wildman–Crippen MR) is 103 cm³/mol. The van der Waals surface area contributed by atoms with Crippen LogP contribution in [0.25, 0.3) is 0 Å². The Hall–Kier alpha value is -2.53. The minimum absolute atomic E-state index is 0.0754. The van der Waals surface area contributed by atoms with Crippen molar-refractivity contribution in [2.45, 2.75) is 20.4 Å². The van der Waals surface area contributed by atoms with Gasteiger partial charge in [0.25, 0.3) is 0 Å². The molecule has 0 atom stereocenters. The molecule has 0 radical (unpaired) electrons. The number of aromatic hydroxyl groups is 1. The number of nitrogens with zero attached hydrogens (tertiary/aromatic N) is 2. The van der Waals surface area contributed by atoms with E-state index >= 15 is 0 Å². The summed E-state index contributed by atoms with van der Waals surface area (Å²) in [5.74, 6) is 1.23. The lowest BCUT2D eigenvalue weighted by atomic mass is 10.1. The summed E-state index contributed by atoms with van der Waals surface area (Å²) in [6.45, 7) is 8.70. The molecule has 0 spiro atoms. The molecule has 1 N–H and O–H groups in total. The normalized spacial score (nSPS) is 15.1. The quantitative estimate of drug-likeness (QED) is 0.807. The number of hydrogen-bond donors (Lipinski definition) is 1. The van der Waals surface area contributed by atoms with E-state index in [0.29, 0.717) is 12.4 Å². The van der Waals surface area contributed by atoms with Crippen LogP contribution in [0.15, 0.2) is 42.5 Å². The number of Topliss-reactive ketones (excluding diaryl/α,β-unsaturated/α-hetero) is 1. The fraction of sp³-hybridized carbons (Fsp3) is 0.381. The van der Waals surface area contributed by atoms with Gasteiger partial charge in [0.2, 0.25) is 0 Å². The van der Waals surface area contributed by atoms with E-state index in [4.69, 9.17) is 4.74 Å². The van der Waals surface area contributed by atoms with Gasteiger partial charge in [-0.2, -0.15) is 0 Å². The van der Waals surface area contributed by atoms with Gasteiger partial charge in [0, 0.05) is 49.5 Å². The predicted octanol–water partition coefficient (Wildman–Crippen LogP) is 3.32. The third-order valence-corrected chi connectivity index (χ3v) is 4.75. The van der Waals surface area contributed by atoms with Crippen LogP contribution in [-0.2, 0) is 6.54 Å². The van der Waals surface area contributed by atoms with Crippen LogP contribution in [0.3, 0.4) is 0 Å². The Bertz CT molecular complexity index is 750. The second-order valence-corrected chi connectivity index (χ2v) is 6.59. The number of phenolic OH excluding ortho intramolecular Hbond substituents is 1. The van der Waals surface area contributed by atoms with Crippen LogP contribution in [0.4, 0.5) is 5.69 Å². The number of piperazine rings is 1. The Morgan fingerprint density at radius 1 is 1.08 bits per heavy atom. The molecule has 26 heavy (non-hydrogen) atoms. The average Bonchev–Trinajstić information content (AvgIpc) is 2.64. The fourth-order valence-electron chi connectivity index (χ4n) is 3.29. The van der Waals surface area contributed by atoms with Crippen molar-refractivity contribution in [2.24, 2.45) is 0 Å². The number of benzene rings is 2. The van der Waals surface area contributed by atoms with Crippen LogP contribution in [0.1, 0.15) is 29.8 Å². The summed E-state index contributed by atoms with van der Waals surface area (Å²) in [7, 11) is 0. The highest BCUT2D eigenvalue weighted by atomic mass is 16.5. The maximum atomic E-state index is 11.7. The number of anilines is 1. The molecule has 5 heteroatoms. The number of carbonyl (C=O) groups is 1. The molecule has 2 aromatic carbocycles. The van der Waals surface area contributed by atoms with Crippen molar-refractivity contribution < 1.29 is 14.6 Å². The number of phenols is 1. The second kappa shape index (κ2) is 8.23. The molecule has 5 nitrogen and oxygen atoms in total. The van der Waals surface area contributed by atoms with Gasteiger partial charge in [0.05, 0.1) is 6.61 Å². The highest BCUT2D eigenvalue weighted by molar-refractivity contribution is 5.94. The van der Waals surface area contributed by atoms with Crippen molar-refractivity contribution in [1.29, 1.82) is 0 Å². The van der Waals surface area contributed by atoms with Crippen molar-refractivity contribution >= 4 is 11.5 Å². The van der Waals surface area contributed by atoms with E-state index in [0.717, 1.165) is 55.3 Å². The molecule has 1 aliphatic heterocycles. The van der Waals surface area contributed by atoms with Crippen molar-refractivity contribution in [3.63, 3.8) is 0 Å². The highest BCUT2D eigenvalue weighted by Gasteiger charge is 2.19. The number of ether oxygens (including phenoxy) is 1. The second-order valence-electron chi connectivity index (χ2n) is 6.59. The van der Waals surface area contributed by atoms with E-state index in [1.165, 1.54) is 0 Å². The number of rotatable bonds is 6. The van der Waals surface area contributed by atoms with Crippen molar-refractivity contribution in [2.75, 3.05) is 37.7 Å². The summed E-state index contributed by atoms with van der Waals surface area (Å²) in [6.07, 6.45) is 0. The standard InChI is InChI=1S/C21H26N2O3/c1-3-26-21-9-4-17(16(2)24)14-18(21)15-22-10-12-23(13-11-22)19-5-7-20(25)8-6-19/h4-9,14,25H,3,10-13,15H2,1-2H3. The van der Waals surface area contributed by atoms with E-state index in [1.54, 1.807) is 19.1 Å². The van der Waals surface area contributed by atoms with Crippen LogP contribution in [0.2, 0.25) is 0 Å². The lowest BCUT2D eigenvalue weighted by Gasteiger charge is -2.36. The van der Waals surface area contributed by atoms with Gasteiger partial charge in [-0.3, -0.25) is 9.69 Å². The molecule has 3 rings (SSSR count). The van der Waals surface area contributed by atoms with Gasteiger partial charge in [-0.15, -0.1) is 0 Å². The summed E-state index contributed by atoms with van der Waals surface area (Å²) >= 11 is 0. The fourth-order valence-corrected chi connectivity index (χ4v) is 3.29. The van der Waals surface area contributed by atoms with Crippen LogP contribution < -0.4 is 9.64 Å². The first-order chi connectivity index (χ1) is 12.6. The summed E-state index contributed by atoms with van der Waals surface area (Å²) in [5, 5.41) is 9.43. The van der Waals surface area contributed by atoms with Crippen molar-refractivity contribution in [3.05, 3.63) is 53.6 Å². The molecule has 2 aromatic rings. The Morgan fingerprint density at radius 3 is 2.38 bits per heavy atom. The van der Waals surface area contributed by atoms with Crippen LogP contribution in [0, 0.1) is 0 Å². The minimum atomic E-state index is 0.0754. The molecule has 0 saturated carbocycles. The Labute approximate surface area is 154 Å². The zero-order valence-corrected chi connectivity index (χ0v) is 15.4. The first-order valence-electron chi connectivity index (χ1n) is 9.10. The van der Waals surface area contributed by atoms with E-state index in [-0.39, 0.29) is 5.78 Å². The Kier molecular flexibility index (Phi) is 5.78. The molecule has 0 bridgehead atoms. The number of carbonyl (C=O) groups excluding carboxylic acids is 1. The van der Waals surface area contributed by atoms with Gasteiger partial charge in [-0.1, -0.05) is 0 Å². The summed E-state index contributed by atoms with van der Waals surface area (Å²) in [5.41, 5.74) is 2.93. The molecular formula is C21H26N2O3. The highest BCUT2D eigenvalue weighted by Crippen LogP contribution is 2.24. The summed E-state index contributed by atoms with van der Waals surface area (Å²) in [6, 6.07) is 13.1. The molecule has 1 fully saturated rings. The molecule has 0 amide bonds. The molecular weight excluding hydrogens is 328 g/mol. The first-order valence-corrected chi connectivity index (χ1v) is 9.10. The van der Waals surface area contributed by atoms with Crippen LogP contribution in [-0.4, -0.2) is 48.6 Å². The number of ketones is 1. The molecule has 0 aromatic heterocycles. The van der Waals surface area contributed by atoms with E-state index < -0.39 is 0 Å². The molecule has 1 heterocycles. The molecule has 1 saturated heterocycles. The van der Waals surface area contributed by atoms with Gasteiger partial charge in [0.1, 0.15) is 11.5 Å². The molecule has 0 unspecified atom stereocenters. The van der Waals surface area contributed by atoms with Crippen LogP contribution >= 0.6 is 0 Å². The monoisotopic (exact) mass is 354 g/mol. The van der Waals surface area contributed by atoms with Crippen molar-refractivity contribution in [3.8, 4) is 11.5 Å². The SMILES string of the molecule is CCOc1ccc(C(C)=O)cc1CN1CCN(c2ccc(O)cc2)CC1. The van der Waals surface area contributed by atoms with Gasteiger partial charge < -0.3 is 14.7 Å².